The van der Waals surface area contributed by atoms with Gasteiger partial charge in [-0.05, 0) is 104 Å². The van der Waals surface area contributed by atoms with E-state index in [-0.39, 0.29) is 46.7 Å². The third-order valence-corrected chi connectivity index (χ3v) is 13.4. The van der Waals surface area contributed by atoms with Gasteiger partial charge in [0.15, 0.2) is 0 Å². The number of rotatable bonds is 3. The standard InChI is InChI=1S/C30H48O5/c1-25(17-31)12-14-30(24(34)35)15-13-28(4)19(20(30)16-25)6-7-22-26(2)10-9-23(33)27(3,18-32)21(26)8-11-29(22,28)5/h6,20-23,31-33H,7-18H2,1-5H3,(H,34,35). The highest BCUT2D eigenvalue weighted by atomic mass is 16.4. The van der Waals surface area contributed by atoms with Crippen LogP contribution in [0.1, 0.15) is 98.8 Å². The van der Waals surface area contributed by atoms with Crippen LogP contribution in [0.25, 0.3) is 0 Å². The van der Waals surface area contributed by atoms with E-state index in [4.69, 9.17) is 0 Å². The minimum absolute atomic E-state index is 0.0103. The van der Waals surface area contributed by atoms with Crippen LogP contribution in [-0.2, 0) is 4.79 Å². The van der Waals surface area contributed by atoms with Gasteiger partial charge in [-0.1, -0.05) is 46.3 Å². The van der Waals surface area contributed by atoms with E-state index in [1.807, 2.05) is 0 Å². The quantitative estimate of drug-likeness (QED) is 0.411. The van der Waals surface area contributed by atoms with Crippen molar-refractivity contribution >= 4 is 5.97 Å². The summed E-state index contributed by atoms with van der Waals surface area (Å²) in [6, 6.07) is 0. The SMILES string of the molecule is CC1(CO)CCC2(C(=O)O)CCC3(C)C(=CCC4C5(C)CCC(O)C(C)(CO)C5CCC43C)C2C1. The predicted octanol–water partition coefficient (Wildman–Crippen LogP) is 5.18. The van der Waals surface area contributed by atoms with E-state index in [0.717, 1.165) is 57.8 Å². The second kappa shape index (κ2) is 7.80. The first-order valence-corrected chi connectivity index (χ1v) is 14.1. The molecule has 5 heteroatoms. The molecule has 10 unspecified atom stereocenters. The van der Waals surface area contributed by atoms with Crippen molar-refractivity contribution in [3.8, 4) is 0 Å². The minimum atomic E-state index is -0.700. The van der Waals surface area contributed by atoms with Crippen LogP contribution in [0, 0.1) is 50.2 Å². The molecule has 0 saturated heterocycles. The molecule has 0 aromatic rings. The summed E-state index contributed by atoms with van der Waals surface area (Å²) in [6.07, 6.45) is 10.5. The second-order valence-electron chi connectivity index (χ2n) is 14.7. The lowest BCUT2D eigenvalue weighted by Gasteiger charge is -2.71. The van der Waals surface area contributed by atoms with Crippen LogP contribution in [-0.4, -0.2) is 45.7 Å². The van der Waals surface area contributed by atoms with E-state index in [0.29, 0.717) is 12.3 Å². The number of aliphatic hydroxyl groups is 3. The Kier molecular flexibility index (Phi) is 5.73. The molecule has 10 atom stereocenters. The average molecular weight is 489 g/mol. The van der Waals surface area contributed by atoms with Crippen molar-refractivity contribution < 1.29 is 25.2 Å². The third-order valence-electron chi connectivity index (χ3n) is 13.4. The highest BCUT2D eigenvalue weighted by Crippen LogP contribution is 2.75. The maximum atomic E-state index is 12.8. The summed E-state index contributed by atoms with van der Waals surface area (Å²) in [5.74, 6) is 0.0812. The first kappa shape index (κ1) is 25.7. The number of carboxylic acids is 1. The summed E-state index contributed by atoms with van der Waals surface area (Å²) in [5, 5.41) is 42.0. The number of hydrogen-bond acceptors (Lipinski definition) is 4. The molecule has 5 rings (SSSR count). The van der Waals surface area contributed by atoms with Gasteiger partial charge in [-0.15, -0.1) is 0 Å². The van der Waals surface area contributed by atoms with Crippen molar-refractivity contribution in [2.45, 2.75) is 105 Å². The smallest absolute Gasteiger partial charge is 0.310 e. The summed E-state index contributed by atoms with van der Waals surface area (Å²) in [7, 11) is 0. The monoisotopic (exact) mass is 488 g/mol. The van der Waals surface area contributed by atoms with Gasteiger partial charge in [0.05, 0.1) is 18.1 Å². The molecule has 198 valence electrons. The maximum absolute atomic E-state index is 12.8. The van der Waals surface area contributed by atoms with Gasteiger partial charge in [-0.3, -0.25) is 4.79 Å². The van der Waals surface area contributed by atoms with E-state index in [9.17, 15) is 25.2 Å². The van der Waals surface area contributed by atoms with E-state index < -0.39 is 22.9 Å². The summed E-state index contributed by atoms with van der Waals surface area (Å²) in [5.41, 5.74) is 0.0261. The molecule has 0 bridgehead atoms. The Morgan fingerprint density at radius 1 is 0.914 bits per heavy atom. The van der Waals surface area contributed by atoms with Gasteiger partial charge in [-0.2, -0.15) is 0 Å². The summed E-state index contributed by atoms with van der Waals surface area (Å²) in [4.78, 5) is 12.8. The van der Waals surface area contributed by atoms with E-state index in [2.05, 4.69) is 40.7 Å². The molecular formula is C30H48O5. The summed E-state index contributed by atoms with van der Waals surface area (Å²) in [6.45, 7) is 11.7. The number of carboxylic acid groups (broad SMARTS) is 1. The molecule has 0 amide bonds. The fourth-order valence-electron chi connectivity index (χ4n) is 10.7. The lowest BCUT2D eigenvalue weighted by atomic mass is 9.33. The molecule has 0 aliphatic heterocycles. The zero-order valence-electron chi connectivity index (χ0n) is 22.6. The molecule has 0 heterocycles. The molecule has 4 saturated carbocycles. The fraction of sp³-hybridized carbons (Fsp3) is 0.900. The number of aliphatic carboxylic acids is 1. The van der Waals surface area contributed by atoms with Gasteiger partial charge < -0.3 is 20.4 Å². The van der Waals surface area contributed by atoms with Crippen molar-refractivity contribution in [2.24, 2.45) is 50.2 Å². The molecule has 0 aromatic heterocycles. The van der Waals surface area contributed by atoms with Crippen molar-refractivity contribution in [1.82, 2.24) is 0 Å². The highest BCUT2D eigenvalue weighted by molar-refractivity contribution is 5.76. The summed E-state index contributed by atoms with van der Waals surface area (Å²) < 4.78 is 0. The number of fused-ring (bicyclic) bond motifs is 7. The minimum Gasteiger partial charge on any atom is -0.481 e. The van der Waals surface area contributed by atoms with Gasteiger partial charge in [0, 0.05) is 12.0 Å². The molecule has 0 radical (unpaired) electrons. The number of aliphatic hydroxyl groups excluding tert-OH is 3. The van der Waals surface area contributed by atoms with Crippen molar-refractivity contribution in [3.63, 3.8) is 0 Å². The predicted molar refractivity (Wildman–Crippen MR) is 136 cm³/mol. The lowest BCUT2D eigenvalue weighted by Crippen LogP contribution is -2.66. The topological polar surface area (TPSA) is 98.0 Å². The second-order valence-corrected chi connectivity index (χ2v) is 14.7. The zero-order chi connectivity index (χ0) is 25.7. The van der Waals surface area contributed by atoms with Gasteiger partial charge in [0.25, 0.3) is 0 Å². The molecule has 4 fully saturated rings. The first-order valence-electron chi connectivity index (χ1n) is 14.1. The average Bonchev–Trinajstić information content (AvgIpc) is 2.82. The van der Waals surface area contributed by atoms with Crippen LogP contribution >= 0.6 is 0 Å². The molecule has 35 heavy (non-hydrogen) atoms. The van der Waals surface area contributed by atoms with E-state index in [1.54, 1.807) is 0 Å². The van der Waals surface area contributed by atoms with E-state index >= 15 is 0 Å². The van der Waals surface area contributed by atoms with Gasteiger partial charge in [0.1, 0.15) is 0 Å². The lowest BCUT2D eigenvalue weighted by molar-refractivity contribution is -0.216. The zero-order valence-corrected chi connectivity index (χ0v) is 22.6. The Bertz CT molecular complexity index is 930. The van der Waals surface area contributed by atoms with E-state index in [1.165, 1.54) is 5.57 Å². The van der Waals surface area contributed by atoms with Crippen LogP contribution in [0.5, 0.6) is 0 Å². The van der Waals surface area contributed by atoms with Crippen LogP contribution in [0.4, 0.5) is 0 Å². The highest BCUT2D eigenvalue weighted by Gasteiger charge is 2.69. The van der Waals surface area contributed by atoms with Crippen LogP contribution in [0.15, 0.2) is 11.6 Å². The van der Waals surface area contributed by atoms with Crippen LogP contribution in [0.2, 0.25) is 0 Å². The Balaban J connectivity index is 1.59. The molecule has 5 aliphatic carbocycles. The number of hydrogen-bond donors (Lipinski definition) is 4. The molecule has 0 aromatic carbocycles. The van der Waals surface area contributed by atoms with Gasteiger partial charge in [-0.25, -0.2) is 0 Å². The summed E-state index contributed by atoms with van der Waals surface area (Å²) >= 11 is 0. The van der Waals surface area contributed by atoms with Crippen molar-refractivity contribution in [3.05, 3.63) is 11.6 Å². The Labute approximate surface area is 211 Å². The maximum Gasteiger partial charge on any atom is 0.310 e. The van der Waals surface area contributed by atoms with Crippen LogP contribution < -0.4 is 0 Å². The third kappa shape index (κ3) is 3.07. The Hall–Kier alpha value is -0.910. The Morgan fingerprint density at radius 2 is 1.60 bits per heavy atom. The normalized spacial score (nSPS) is 55.6. The molecule has 0 spiro atoms. The molecular weight excluding hydrogens is 440 g/mol. The largest absolute Gasteiger partial charge is 0.481 e. The van der Waals surface area contributed by atoms with Crippen molar-refractivity contribution in [1.29, 1.82) is 0 Å². The van der Waals surface area contributed by atoms with Crippen molar-refractivity contribution in [2.75, 3.05) is 13.2 Å². The molecule has 5 aliphatic rings. The number of carbonyl (C=O) groups is 1. The fourth-order valence-corrected chi connectivity index (χ4v) is 10.7. The Morgan fingerprint density at radius 3 is 2.23 bits per heavy atom. The number of allylic oxidation sites excluding steroid dienone is 2. The van der Waals surface area contributed by atoms with Crippen LogP contribution in [0.3, 0.4) is 0 Å². The molecule has 4 N–H and O–H groups in total. The van der Waals surface area contributed by atoms with Gasteiger partial charge >= 0.3 is 5.97 Å². The molecule has 5 nitrogen and oxygen atoms in total. The van der Waals surface area contributed by atoms with Gasteiger partial charge in [0.2, 0.25) is 0 Å². The first-order chi connectivity index (χ1) is 16.3.